The lowest BCUT2D eigenvalue weighted by Crippen LogP contribution is -2.18. The molecule has 1 aliphatic carbocycles. The number of aromatic nitrogens is 1. The summed E-state index contributed by atoms with van der Waals surface area (Å²) in [5, 5.41) is 1.63. The van der Waals surface area contributed by atoms with Crippen LogP contribution in [0.15, 0.2) is 42.1 Å². The van der Waals surface area contributed by atoms with Gasteiger partial charge in [0, 0.05) is 46.3 Å². The normalized spacial score (nSPS) is 18.8. The third-order valence-corrected chi connectivity index (χ3v) is 6.57. The first-order valence-electron chi connectivity index (χ1n) is 9.86. The van der Waals surface area contributed by atoms with Gasteiger partial charge in [-0.2, -0.15) is 0 Å². The van der Waals surface area contributed by atoms with Gasteiger partial charge in [-0.25, -0.2) is 0 Å². The summed E-state index contributed by atoms with van der Waals surface area (Å²) in [5.74, 6) is 0.497. The molecule has 0 atom stereocenters. The number of hydrogen-bond acceptors (Lipinski definition) is 5. The maximum absolute atomic E-state index is 12.8. The summed E-state index contributed by atoms with van der Waals surface area (Å²) in [6, 6.07) is 6.28. The molecule has 1 aromatic heterocycles. The topological polar surface area (TPSA) is 80.1 Å². The lowest BCUT2D eigenvalue weighted by molar-refractivity contribution is 0.100. The van der Waals surface area contributed by atoms with Crippen molar-refractivity contribution in [3.8, 4) is 0 Å². The first-order chi connectivity index (χ1) is 13.6. The van der Waals surface area contributed by atoms with Crippen LogP contribution < -0.4 is 10.5 Å². The molecule has 0 radical (unpaired) electrons. The summed E-state index contributed by atoms with van der Waals surface area (Å²) in [6.07, 6.45) is 6.14. The van der Waals surface area contributed by atoms with Crippen LogP contribution in [0.1, 0.15) is 54.6 Å². The number of ether oxygens (including phenoxy) is 1. The van der Waals surface area contributed by atoms with Crippen LogP contribution >= 0.6 is 11.9 Å². The van der Waals surface area contributed by atoms with Gasteiger partial charge in [0.25, 0.3) is 0 Å². The van der Waals surface area contributed by atoms with Crippen LogP contribution in [0.4, 0.5) is 5.69 Å². The first-order valence-corrected chi connectivity index (χ1v) is 10.7. The van der Waals surface area contributed by atoms with Crippen molar-refractivity contribution in [2.75, 3.05) is 17.9 Å². The van der Waals surface area contributed by atoms with Gasteiger partial charge in [0.1, 0.15) is 0 Å². The summed E-state index contributed by atoms with van der Waals surface area (Å²) < 4.78 is 9.05. The van der Waals surface area contributed by atoms with E-state index in [0.717, 1.165) is 42.6 Å². The number of fused-ring (bicyclic) bond motifs is 1. The Balaban J connectivity index is 1.62. The summed E-state index contributed by atoms with van der Waals surface area (Å²) in [5.41, 5.74) is 10.8. The van der Waals surface area contributed by atoms with Crippen LogP contribution in [0.5, 0.6) is 0 Å². The Labute approximate surface area is 169 Å². The lowest BCUT2D eigenvalue weighted by Gasteiger charge is -2.22. The average Bonchev–Trinajstić information content (AvgIpc) is 3.45. The van der Waals surface area contributed by atoms with Gasteiger partial charge in [0.15, 0.2) is 0 Å². The van der Waals surface area contributed by atoms with Gasteiger partial charge >= 0.3 is 0 Å². The molecule has 0 bridgehead atoms. The third kappa shape index (κ3) is 3.98. The highest BCUT2D eigenvalue weighted by Crippen LogP contribution is 2.45. The van der Waals surface area contributed by atoms with E-state index in [1.807, 2.05) is 6.07 Å². The van der Waals surface area contributed by atoms with Crippen LogP contribution in [0.3, 0.4) is 0 Å². The number of nitrogens with two attached hydrogens (primary N) is 1. The van der Waals surface area contributed by atoms with Crippen molar-refractivity contribution in [1.82, 2.24) is 4.98 Å². The number of Topliss-reactive ketones (excluding diaryl/α,β-unsaturated/α-hetero) is 1. The highest BCUT2D eigenvalue weighted by molar-refractivity contribution is 8.01. The molecule has 2 aromatic rings. The van der Waals surface area contributed by atoms with E-state index in [1.54, 1.807) is 18.9 Å². The maximum atomic E-state index is 12.8. The zero-order chi connectivity index (χ0) is 19.7. The Morgan fingerprint density at radius 3 is 2.68 bits per heavy atom. The van der Waals surface area contributed by atoms with Crippen molar-refractivity contribution in [1.29, 1.82) is 0 Å². The van der Waals surface area contributed by atoms with Crippen molar-refractivity contribution in [2.45, 2.75) is 43.8 Å². The van der Waals surface area contributed by atoms with Gasteiger partial charge in [0.05, 0.1) is 5.69 Å². The second-order valence-electron chi connectivity index (χ2n) is 7.65. The monoisotopic (exact) mass is 397 g/mol. The van der Waals surface area contributed by atoms with E-state index in [-0.39, 0.29) is 5.78 Å². The molecule has 1 saturated heterocycles. The quantitative estimate of drug-likeness (QED) is 0.268. The van der Waals surface area contributed by atoms with E-state index in [9.17, 15) is 4.79 Å². The third-order valence-electron chi connectivity index (χ3n) is 5.43. The number of nitrogens with one attached hydrogen (secondary N) is 2. The number of benzene rings is 1. The number of H-pyrrole nitrogens is 1. The molecule has 6 heteroatoms. The molecule has 4 N–H and O–H groups in total. The van der Waals surface area contributed by atoms with E-state index in [2.05, 4.69) is 28.4 Å². The summed E-state index contributed by atoms with van der Waals surface area (Å²) in [6.45, 7) is 7.12. The Bertz CT molecular complexity index is 933. The highest BCUT2D eigenvalue weighted by atomic mass is 32.2. The van der Waals surface area contributed by atoms with Gasteiger partial charge in [-0.3, -0.25) is 4.79 Å². The van der Waals surface area contributed by atoms with E-state index < -0.39 is 0 Å². The van der Waals surface area contributed by atoms with Crippen molar-refractivity contribution in [2.24, 2.45) is 5.73 Å². The molecule has 1 aliphatic heterocycles. The molecule has 28 heavy (non-hydrogen) atoms. The van der Waals surface area contributed by atoms with Gasteiger partial charge in [-0.1, -0.05) is 12.7 Å². The number of carbonyl (C=O) groups excluding carboxylic acids is 1. The number of allylic oxidation sites excluding steroid dienone is 3. The predicted molar refractivity (Wildman–Crippen MR) is 117 cm³/mol. The Morgan fingerprint density at radius 1 is 1.29 bits per heavy atom. The van der Waals surface area contributed by atoms with Gasteiger partial charge in [-0.15, -0.1) is 0 Å². The molecular formula is C22H27N3O2S. The molecule has 0 amide bonds. The molecule has 0 spiro atoms. The SMILES string of the molecule is C=C/C(C(=O)c1cc2cc(C3CC3)c(NSC3CCOCC3)cc2[nH]1)=C(\C)N. The van der Waals surface area contributed by atoms with E-state index in [4.69, 9.17) is 10.5 Å². The van der Waals surface area contributed by atoms with E-state index in [1.165, 1.54) is 24.5 Å². The summed E-state index contributed by atoms with van der Waals surface area (Å²) >= 11 is 1.80. The minimum atomic E-state index is -0.120. The predicted octanol–water partition coefficient (Wildman–Crippen LogP) is 4.89. The molecular weight excluding hydrogens is 370 g/mol. The second kappa shape index (κ2) is 8.05. The van der Waals surface area contributed by atoms with Crippen molar-refractivity contribution < 1.29 is 9.53 Å². The summed E-state index contributed by atoms with van der Waals surface area (Å²) in [4.78, 5) is 16.0. The lowest BCUT2D eigenvalue weighted by atomic mass is 10.0. The fraction of sp³-hybridized carbons (Fsp3) is 0.409. The minimum Gasteiger partial charge on any atom is -0.402 e. The van der Waals surface area contributed by atoms with Crippen molar-refractivity contribution >= 4 is 34.3 Å². The average molecular weight is 398 g/mol. The van der Waals surface area contributed by atoms with Crippen molar-refractivity contribution in [3.63, 3.8) is 0 Å². The van der Waals surface area contributed by atoms with Crippen LogP contribution in [0.25, 0.3) is 10.9 Å². The van der Waals surface area contributed by atoms with Crippen molar-refractivity contribution in [3.05, 3.63) is 53.4 Å². The fourth-order valence-corrected chi connectivity index (χ4v) is 4.56. The van der Waals surface area contributed by atoms with Crippen LogP contribution in [0.2, 0.25) is 0 Å². The molecule has 2 heterocycles. The zero-order valence-corrected chi connectivity index (χ0v) is 17.0. The van der Waals surface area contributed by atoms with Gasteiger partial charge in [0.2, 0.25) is 5.78 Å². The second-order valence-corrected chi connectivity index (χ2v) is 8.75. The largest absolute Gasteiger partial charge is 0.402 e. The molecule has 2 aliphatic rings. The smallest absolute Gasteiger partial charge is 0.210 e. The standard InChI is InChI=1S/C22H27N3O2S/c1-3-17(13(2)23)22(26)21-11-15-10-18(14-4-5-14)20(12-19(15)24-21)25-28-16-6-8-27-9-7-16/h3,10-12,14,16,24-25H,1,4-9,23H2,2H3/b17-13-. The van der Waals surface area contributed by atoms with Crippen LogP contribution in [0, 0.1) is 0 Å². The number of anilines is 1. The van der Waals surface area contributed by atoms with Gasteiger partial charge < -0.3 is 20.2 Å². The van der Waals surface area contributed by atoms with Gasteiger partial charge in [-0.05, 0) is 74.2 Å². The Kier molecular flexibility index (Phi) is 5.51. The zero-order valence-electron chi connectivity index (χ0n) is 16.2. The molecule has 0 unspecified atom stereocenters. The molecule has 4 rings (SSSR count). The maximum Gasteiger partial charge on any atom is 0.210 e. The molecule has 1 aromatic carbocycles. The number of carbonyl (C=O) groups is 1. The molecule has 148 valence electrons. The Morgan fingerprint density at radius 2 is 2.04 bits per heavy atom. The van der Waals surface area contributed by atoms with Crippen LogP contribution in [-0.4, -0.2) is 29.2 Å². The van der Waals surface area contributed by atoms with E-state index in [0.29, 0.717) is 28.1 Å². The number of rotatable bonds is 7. The minimum absolute atomic E-state index is 0.120. The van der Waals surface area contributed by atoms with Crippen LogP contribution in [-0.2, 0) is 4.74 Å². The Hall–Kier alpha value is -2.18. The number of aromatic amines is 1. The number of hydrogen-bond donors (Lipinski definition) is 3. The fourth-order valence-electron chi connectivity index (χ4n) is 3.66. The molecule has 5 nitrogen and oxygen atoms in total. The molecule has 2 fully saturated rings. The first kappa shape index (κ1) is 19.2. The number of ketones is 1. The molecule has 1 saturated carbocycles. The van der Waals surface area contributed by atoms with E-state index >= 15 is 0 Å². The summed E-state index contributed by atoms with van der Waals surface area (Å²) in [7, 11) is 0. The highest BCUT2D eigenvalue weighted by Gasteiger charge is 2.27.